The van der Waals surface area contributed by atoms with E-state index < -0.39 is 5.41 Å². The van der Waals surface area contributed by atoms with Crippen LogP contribution in [-0.2, 0) is 14.3 Å². The Kier molecular flexibility index (Phi) is 6.37. The molecule has 0 aliphatic carbocycles. The van der Waals surface area contributed by atoms with Gasteiger partial charge in [-0.2, -0.15) is 0 Å². The van der Waals surface area contributed by atoms with Gasteiger partial charge in [0, 0.05) is 26.2 Å². The first-order valence-electron chi connectivity index (χ1n) is 8.67. The van der Waals surface area contributed by atoms with Crippen molar-refractivity contribution in [1.29, 1.82) is 0 Å². The molecule has 0 saturated carbocycles. The van der Waals surface area contributed by atoms with Gasteiger partial charge in [-0.3, -0.25) is 9.59 Å². The number of nitrogens with zero attached hydrogens (tertiary/aromatic N) is 2. The first-order chi connectivity index (χ1) is 11.8. The molecule has 1 aromatic carbocycles. The van der Waals surface area contributed by atoms with Crippen LogP contribution in [0.4, 0.5) is 5.69 Å². The van der Waals surface area contributed by atoms with E-state index in [1.807, 2.05) is 57.4 Å². The Morgan fingerprint density at radius 3 is 2.40 bits per heavy atom. The first-order valence-corrected chi connectivity index (χ1v) is 8.67. The molecule has 136 valence electrons. The molecule has 1 aliphatic heterocycles. The van der Waals surface area contributed by atoms with Crippen LogP contribution in [0.1, 0.15) is 24.8 Å². The van der Waals surface area contributed by atoms with E-state index in [9.17, 15) is 9.59 Å². The van der Waals surface area contributed by atoms with Gasteiger partial charge in [-0.15, -0.1) is 0 Å². The predicted molar refractivity (Wildman–Crippen MR) is 101 cm³/mol. The highest BCUT2D eigenvalue weighted by Crippen LogP contribution is 2.36. The van der Waals surface area contributed by atoms with Gasteiger partial charge in [0.15, 0.2) is 5.78 Å². The van der Waals surface area contributed by atoms with Crippen molar-refractivity contribution in [2.75, 3.05) is 46.2 Å². The summed E-state index contributed by atoms with van der Waals surface area (Å²) in [6.45, 7) is 1.18. The second kappa shape index (κ2) is 8.30. The van der Waals surface area contributed by atoms with Crippen molar-refractivity contribution in [2.24, 2.45) is 5.41 Å². The van der Waals surface area contributed by atoms with Gasteiger partial charge in [0.2, 0.25) is 0 Å². The number of ether oxygens (including phenoxy) is 1. The maximum Gasteiger partial charge on any atom is 0.320 e. The molecule has 2 rings (SSSR count). The SMILES string of the molecule is CN(C)CCCC1(C(=O)/C=C/c2ccc(N(C)C)cc2)CCOC1=O. The summed E-state index contributed by atoms with van der Waals surface area (Å²) in [6, 6.07) is 7.93. The molecule has 0 radical (unpaired) electrons. The average molecular weight is 344 g/mol. The van der Waals surface area contributed by atoms with Gasteiger partial charge in [-0.05, 0) is 57.3 Å². The molecule has 1 unspecified atom stereocenters. The molecule has 25 heavy (non-hydrogen) atoms. The number of hydrogen-bond acceptors (Lipinski definition) is 5. The Bertz CT molecular complexity index is 635. The van der Waals surface area contributed by atoms with Gasteiger partial charge in [0.25, 0.3) is 0 Å². The quantitative estimate of drug-likeness (QED) is 0.412. The van der Waals surface area contributed by atoms with Crippen LogP contribution in [0, 0.1) is 5.41 Å². The summed E-state index contributed by atoms with van der Waals surface area (Å²) in [5.74, 6) is -0.519. The van der Waals surface area contributed by atoms with Crippen molar-refractivity contribution in [3.63, 3.8) is 0 Å². The molecule has 5 heteroatoms. The lowest BCUT2D eigenvalue weighted by molar-refractivity contribution is -0.150. The largest absolute Gasteiger partial charge is 0.465 e. The number of esters is 1. The third-order valence-corrected chi connectivity index (χ3v) is 4.67. The molecular formula is C20H28N2O3. The number of benzene rings is 1. The summed E-state index contributed by atoms with van der Waals surface area (Å²) in [5, 5.41) is 0. The van der Waals surface area contributed by atoms with E-state index in [4.69, 9.17) is 4.74 Å². The van der Waals surface area contributed by atoms with Crippen LogP contribution in [0.25, 0.3) is 6.08 Å². The first kappa shape index (κ1) is 19.2. The van der Waals surface area contributed by atoms with Crippen molar-refractivity contribution in [1.82, 2.24) is 4.90 Å². The molecule has 0 N–H and O–H groups in total. The van der Waals surface area contributed by atoms with E-state index in [0.717, 1.165) is 24.2 Å². The fraction of sp³-hybridized carbons (Fsp3) is 0.500. The second-order valence-corrected chi connectivity index (χ2v) is 7.06. The minimum atomic E-state index is -1.00. The minimum absolute atomic E-state index is 0.148. The Morgan fingerprint density at radius 1 is 1.20 bits per heavy atom. The number of carbonyl (C=O) groups is 2. The maximum absolute atomic E-state index is 12.8. The van der Waals surface area contributed by atoms with Crippen molar-refractivity contribution in [3.05, 3.63) is 35.9 Å². The molecule has 0 spiro atoms. The van der Waals surface area contributed by atoms with E-state index in [0.29, 0.717) is 19.4 Å². The smallest absolute Gasteiger partial charge is 0.320 e. The molecule has 1 saturated heterocycles. The van der Waals surface area contributed by atoms with Gasteiger partial charge in [0.05, 0.1) is 6.61 Å². The topological polar surface area (TPSA) is 49.9 Å². The van der Waals surface area contributed by atoms with E-state index in [1.165, 1.54) is 6.08 Å². The van der Waals surface area contributed by atoms with E-state index >= 15 is 0 Å². The van der Waals surface area contributed by atoms with Crippen LogP contribution in [0.5, 0.6) is 0 Å². The highest BCUT2D eigenvalue weighted by Gasteiger charge is 2.49. The van der Waals surface area contributed by atoms with Gasteiger partial charge in [-0.25, -0.2) is 0 Å². The Hall–Kier alpha value is -2.14. The molecule has 0 aromatic heterocycles. The monoisotopic (exact) mass is 344 g/mol. The van der Waals surface area contributed by atoms with Crippen LogP contribution >= 0.6 is 0 Å². The molecule has 0 bridgehead atoms. The summed E-state index contributed by atoms with van der Waals surface area (Å²) in [5.41, 5.74) is 1.03. The van der Waals surface area contributed by atoms with Crippen LogP contribution in [0.2, 0.25) is 0 Å². The minimum Gasteiger partial charge on any atom is -0.465 e. The number of carbonyl (C=O) groups excluding carboxylic acids is 2. The lowest BCUT2D eigenvalue weighted by Gasteiger charge is -2.22. The van der Waals surface area contributed by atoms with E-state index in [-0.39, 0.29) is 11.8 Å². The van der Waals surface area contributed by atoms with Crippen molar-refractivity contribution in [2.45, 2.75) is 19.3 Å². The fourth-order valence-electron chi connectivity index (χ4n) is 3.04. The molecule has 1 aromatic rings. The number of anilines is 1. The van der Waals surface area contributed by atoms with E-state index in [2.05, 4.69) is 4.90 Å². The van der Waals surface area contributed by atoms with Crippen LogP contribution in [-0.4, -0.2) is 58.0 Å². The van der Waals surface area contributed by atoms with Gasteiger partial charge < -0.3 is 14.5 Å². The fourth-order valence-corrected chi connectivity index (χ4v) is 3.04. The summed E-state index contributed by atoms with van der Waals surface area (Å²) < 4.78 is 5.13. The van der Waals surface area contributed by atoms with Crippen LogP contribution in [0.15, 0.2) is 30.3 Å². The Balaban J connectivity index is 2.10. The summed E-state index contributed by atoms with van der Waals surface area (Å²) in [6.07, 6.45) is 5.11. The van der Waals surface area contributed by atoms with Crippen molar-refractivity contribution < 1.29 is 14.3 Å². The van der Waals surface area contributed by atoms with Crippen molar-refractivity contribution >= 4 is 23.5 Å². The molecule has 0 amide bonds. The zero-order valence-electron chi connectivity index (χ0n) is 15.6. The molecule has 1 fully saturated rings. The predicted octanol–water partition coefficient (Wildman–Crippen LogP) is 2.61. The van der Waals surface area contributed by atoms with Crippen molar-refractivity contribution in [3.8, 4) is 0 Å². The van der Waals surface area contributed by atoms with Gasteiger partial charge in [0.1, 0.15) is 5.41 Å². The number of rotatable bonds is 8. The number of hydrogen-bond donors (Lipinski definition) is 0. The summed E-state index contributed by atoms with van der Waals surface area (Å²) in [7, 11) is 7.94. The standard InChI is InChI=1S/C20H28N2O3/c1-21(2)14-5-12-20(13-15-25-19(20)24)18(23)11-8-16-6-9-17(10-7-16)22(3)4/h6-11H,5,12-15H2,1-4H3/b11-8+. The Labute approximate surface area is 150 Å². The van der Waals surface area contributed by atoms with Gasteiger partial charge in [-0.1, -0.05) is 18.2 Å². The maximum atomic E-state index is 12.8. The molecule has 1 aliphatic rings. The molecule has 1 heterocycles. The highest BCUT2D eigenvalue weighted by atomic mass is 16.5. The lowest BCUT2D eigenvalue weighted by atomic mass is 9.77. The van der Waals surface area contributed by atoms with Crippen LogP contribution < -0.4 is 4.90 Å². The van der Waals surface area contributed by atoms with Gasteiger partial charge >= 0.3 is 5.97 Å². The molecule has 1 atom stereocenters. The zero-order chi connectivity index (χ0) is 18.4. The summed E-state index contributed by atoms with van der Waals surface area (Å²) >= 11 is 0. The molecule has 5 nitrogen and oxygen atoms in total. The number of allylic oxidation sites excluding steroid dienone is 1. The molecular weight excluding hydrogens is 316 g/mol. The lowest BCUT2D eigenvalue weighted by Crippen LogP contribution is -2.35. The third-order valence-electron chi connectivity index (χ3n) is 4.67. The third kappa shape index (κ3) is 4.69. The Morgan fingerprint density at radius 2 is 1.88 bits per heavy atom. The van der Waals surface area contributed by atoms with Crippen LogP contribution in [0.3, 0.4) is 0 Å². The zero-order valence-corrected chi connectivity index (χ0v) is 15.6. The summed E-state index contributed by atoms with van der Waals surface area (Å²) in [4.78, 5) is 29.1. The second-order valence-electron chi connectivity index (χ2n) is 7.06. The highest BCUT2D eigenvalue weighted by molar-refractivity contribution is 6.11. The normalized spacial score (nSPS) is 20.3. The number of ketones is 1. The number of cyclic esters (lactones) is 1. The average Bonchev–Trinajstić information content (AvgIpc) is 2.94. The van der Waals surface area contributed by atoms with E-state index in [1.54, 1.807) is 6.08 Å².